The van der Waals surface area contributed by atoms with E-state index in [1.807, 2.05) is 0 Å². The average Bonchev–Trinajstić information content (AvgIpc) is 2.47. The third-order valence-corrected chi connectivity index (χ3v) is 16.2. The van der Waals surface area contributed by atoms with E-state index in [1.165, 1.54) is 46.5 Å². The maximum absolute atomic E-state index is 2.51. The predicted molar refractivity (Wildman–Crippen MR) is 97.6 cm³/mol. The van der Waals surface area contributed by atoms with E-state index < -0.39 is 29.3 Å². The van der Waals surface area contributed by atoms with Gasteiger partial charge in [0.05, 0.1) is 0 Å². The molecule has 0 saturated carbocycles. The van der Waals surface area contributed by atoms with Gasteiger partial charge in [-0.05, 0) is 0 Å². The molecule has 20 heavy (non-hydrogen) atoms. The second-order valence-corrected chi connectivity index (χ2v) is 15.9. The number of hydrogen-bond donors (Lipinski definition) is 0. The van der Waals surface area contributed by atoms with E-state index in [0.717, 1.165) is 0 Å². The second-order valence-electron chi connectivity index (χ2n) is 5.49. The van der Waals surface area contributed by atoms with Crippen LogP contribution in [0.2, 0.25) is 20.8 Å². The summed E-state index contributed by atoms with van der Waals surface area (Å²) < 4.78 is 3.46. The van der Waals surface area contributed by atoms with E-state index >= 15 is 0 Å². The molecule has 0 amide bonds. The molecule has 1 aromatic rings. The van der Waals surface area contributed by atoms with Gasteiger partial charge in [-0.3, -0.25) is 0 Å². The zero-order valence-corrected chi connectivity index (χ0v) is 17.6. The molecule has 0 fully saturated rings. The standard InChI is InChI=1S/C18H32As2/c1-5-13-19(14-6-2)17-9-11-18(12-10-17)20(15-7-3)16-8-4/h9-12H,5-8,13-16H2,1-4H3. The SMILES string of the molecule is CCC[As](CCC)c1ccc([As](CCC)CCC)cc1. The molecule has 1 rings (SSSR count). The van der Waals surface area contributed by atoms with E-state index in [4.69, 9.17) is 0 Å². The van der Waals surface area contributed by atoms with Crippen LogP contribution >= 0.6 is 0 Å². The van der Waals surface area contributed by atoms with Crippen LogP contribution in [0.5, 0.6) is 0 Å². The van der Waals surface area contributed by atoms with Gasteiger partial charge >= 0.3 is 136 Å². The van der Waals surface area contributed by atoms with E-state index in [-0.39, 0.29) is 0 Å². The van der Waals surface area contributed by atoms with Crippen molar-refractivity contribution in [3.05, 3.63) is 24.3 Å². The van der Waals surface area contributed by atoms with E-state index in [9.17, 15) is 0 Å². The van der Waals surface area contributed by atoms with Crippen LogP contribution in [0.1, 0.15) is 53.4 Å². The number of benzene rings is 1. The van der Waals surface area contributed by atoms with Crippen molar-refractivity contribution < 1.29 is 0 Å². The molecule has 0 spiro atoms. The van der Waals surface area contributed by atoms with Gasteiger partial charge in [0, 0.05) is 0 Å². The monoisotopic (exact) mass is 398 g/mol. The Bertz CT molecular complexity index is 298. The van der Waals surface area contributed by atoms with Crippen LogP contribution in [-0.2, 0) is 0 Å². The van der Waals surface area contributed by atoms with Crippen molar-refractivity contribution >= 4 is 38.0 Å². The van der Waals surface area contributed by atoms with Crippen LogP contribution in [-0.4, -0.2) is 29.3 Å². The molecule has 0 bridgehead atoms. The number of rotatable bonds is 10. The van der Waals surface area contributed by atoms with Gasteiger partial charge in [-0.15, -0.1) is 0 Å². The molecule has 0 aliphatic carbocycles. The molecule has 0 aliphatic heterocycles. The second kappa shape index (κ2) is 11.0. The van der Waals surface area contributed by atoms with Gasteiger partial charge in [0.15, 0.2) is 0 Å². The first-order valence-electron chi connectivity index (χ1n) is 8.36. The first-order chi connectivity index (χ1) is 9.76. The molecule has 0 heterocycles. The Morgan fingerprint density at radius 2 is 0.800 bits per heavy atom. The molecule has 0 nitrogen and oxygen atoms in total. The molecule has 0 unspecified atom stereocenters. The maximum atomic E-state index is 2.51. The predicted octanol–water partition coefficient (Wildman–Crippen LogP) is 4.73. The summed E-state index contributed by atoms with van der Waals surface area (Å²) in [5.41, 5.74) is 0. The van der Waals surface area contributed by atoms with Crippen molar-refractivity contribution in [1.82, 2.24) is 0 Å². The van der Waals surface area contributed by atoms with E-state index in [0.29, 0.717) is 0 Å². The molecule has 0 aromatic heterocycles. The van der Waals surface area contributed by atoms with Crippen molar-refractivity contribution in [2.24, 2.45) is 0 Å². The van der Waals surface area contributed by atoms with Crippen LogP contribution in [0.15, 0.2) is 24.3 Å². The summed E-state index contributed by atoms with van der Waals surface area (Å²) >= 11 is -1.47. The molecule has 0 radical (unpaired) electrons. The van der Waals surface area contributed by atoms with Crippen LogP contribution in [0.3, 0.4) is 0 Å². The summed E-state index contributed by atoms with van der Waals surface area (Å²) in [5, 5.41) is 5.97. The Kier molecular flexibility index (Phi) is 10.1. The normalized spacial score (nSPS) is 11.5. The Hall–Kier alpha value is 0.337. The minimum atomic E-state index is -0.733. The Balaban J connectivity index is 2.79. The third kappa shape index (κ3) is 5.99. The fraction of sp³-hybridized carbons (Fsp3) is 0.667. The van der Waals surface area contributed by atoms with Crippen LogP contribution in [0, 0.1) is 0 Å². The van der Waals surface area contributed by atoms with Gasteiger partial charge in [0.25, 0.3) is 0 Å². The summed E-state index contributed by atoms with van der Waals surface area (Å²) in [6.07, 6.45) is 5.47. The molecule has 1 aromatic carbocycles. The average molecular weight is 398 g/mol. The van der Waals surface area contributed by atoms with Gasteiger partial charge in [-0.2, -0.15) is 0 Å². The van der Waals surface area contributed by atoms with Crippen molar-refractivity contribution in [1.29, 1.82) is 0 Å². The quantitative estimate of drug-likeness (QED) is 0.500. The number of hydrogen-bond acceptors (Lipinski definition) is 0. The first-order valence-corrected chi connectivity index (χ1v) is 15.5. The van der Waals surface area contributed by atoms with Crippen molar-refractivity contribution in [3.63, 3.8) is 0 Å². The fourth-order valence-electron chi connectivity index (χ4n) is 2.69. The molecule has 0 N–H and O–H groups in total. The topological polar surface area (TPSA) is 0 Å². The summed E-state index contributed by atoms with van der Waals surface area (Å²) in [5.74, 6) is 0. The van der Waals surface area contributed by atoms with Gasteiger partial charge in [-0.1, -0.05) is 0 Å². The zero-order chi connectivity index (χ0) is 14.8. The summed E-state index contributed by atoms with van der Waals surface area (Å²) in [6.45, 7) is 9.38. The molecule has 0 aliphatic rings. The van der Waals surface area contributed by atoms with Crippen LogP contribution in [0.4, 0.5) is 0 Å². The molecule has 0 atom stereocenters. The molecular formula is C18H32As2. The third-order valence-electron chi connectivity index (χ3n) is 3.55. The summed E-state index contributed by atoms with van der Waals surface area (Å²) in [4.78, 5) is 0. The van der Waals surface area contributed by atoms with Gasteiger partial charge in [0.1, 0.15) is 0 Å². The Labute approximate surface area is 136 Å². The molecule has 2 heteroatoms. The molecular weight excluding hydrogens is 366 g/mol. The van der Waals surface area contributed by atoms with Crippen molar-refractivity contribution in [2.45, 2.75) is 74.2 Å². The van der Waals surface area contributed by atoms with Crippen LogP contribution < -0.4 is 8.70 Å². The van der Waals surface area contributed by atoms with E-state index in [2.05, 4.69) is 52.0 Å². The van der Waals surface area contributed by atoms with Gasteiger partial charge < -0.3 is 0 Å². The molecule has 0 saturated heterocycles. The zero-order valence-electron chi connectivity index (χ0n) is 13.9. The minimum absolute atomic E-state index is 0.733. The molecule has 114 valence electrons. The summed E-state index contributed by atoms with van der Waals surface area (Å²) in [6, 6.07) is 10.0. The summed E-state index contributed by atoms with van der Waals surface area (Å²) in [7, 11) is 0. The Morgan fingerprint density at radius 1 is 0.550 bits per heavy atom. The van der Waals surface area contributed by atoms with Crippen LogP contribution in [0.25, 0.3) is 0 Å². The fourth-order valence-corrected chi connectivity index (χ4v) is 12.7. The Morgan fingerprint density at radius 3 is 1.00 bits per heavy atom. The van der Waals surface area contributed by atoms with Gasteiger partial charge in [0.2, 0.25) is 0 Å². The first kappa shape index (κ1) is 18.4. The van der Waals surface area contributed by atoms with E-state index in [1.54, 1.807) is 8.70 Å². The van der Waals surface area contributed by atoms with Crippen molar-refractivity contribution in [2.75, 3.05) is 0 Å². The van der Waals surface area contributed by atoms with Gasteiger partial charge in [-0.25, -0.2) is 0 Å². The van der Waals surface area contributed by atoms with Crippen molar-refractivity contribution in [3.8, 4) is 0 Å².